The molecule has 0 radical (unpaired) electrons. The Morgan fingerprint density at radius 2 is 2.35 bits per heavy atom. The summed E-state index contributed by atoms with van der Waals surface area (Å²) in [6.07, 6.45) is 3.66. The van der Waals surface area contributed by atoms with Gasteiger partial charge >= 0.3 is 5.97 Å². The van der Waals surface area contributed by atoms with Gasteiger partial charge < -0.3 is 14.5 Å². The molecule has 0 fully saturated rings. The maximum Gasteiger partial charge on any atom is 0.343 e. The summed E-state index contributed by atoms with van der Waals surface area (Å²) in [5, 5.41) is 13.0. The smallest absolute Gasteiger partial charge is 0.343 e. The van der Waals surface area contributed by atoms with Crippen LogP contribution in [0.5, 0.6) is 0 Å². The summed E-state index contributed by atoms with van der Waals surface area (Å²) in [6, 6.07) is 7.78. The van der Waals surface area contributed by atoms with Crippen LogP contribution in [0.3, 0.4) is 0 Å². The molecule has 3 aromatic rings. The Morgan fingerprint density at radius 1 is 1.52 bits per heavy atom. The maximum absolute atomic E-state index is 12.3. The fourth-order valence-electron chi connectivity index (χ4n) is 2.41. The predicted molar refractivity (Wildman–Crippen MR) is 87.6 cm³/mol. The van der Waals surface area contributed by atoms with Gasteiger partial charge in [0.25, 0.3) is 0 Å². The van der Waals surface area contributed by atoms with E-state index in [0.717, 1.165) is 5.52 Å². The lowest BCUT2D eigenvalue weighted by molar-refractivity contribution is 0.0473. The third kappa shape index (κ3) is 2.64. The lowest BCUT2D eigenvalue weighted by Gasteiger charge is -2.05. The van der Waals surface area contributed by atoms with E-state index in [1.807, 2.05) is 28.8 Å². The van der Waals surface area contributed by atoms with E-state index >= 15 is 0 Å². The van der Waals surface area contributed by atoms with Crippen LogP contribution in [0, 0.1) is 18.3 Å². The van der Waals surface area contributed by atoms with Crippen molar-refractivity contribution in [2.24, 2.45) is 0 Å². The first kappa shape index (κ1) is 15.1. The molecular weight excluding hydrogens is 312 g/mol. The number of anilines is 1. The Labute approximate surface area is 137 Å². The molecule has 0 bridgehead atoms. The number of carbonyl (C=O) groups excluding carboxylic acids is 1. The minimum absolute atomic E-state index is 0.0435. The van der Waals surface area contributed by atoms with Crippen molar-refractivity contribution in [3.05, 3.63) is 53.0 Å². The normalized spacial score (nSPS) is 10.5. The molecule has 23 heavy (non-hydrogen) atoms. The molecule has 0 aromatic carbocycles. The standard InChI is InChI=1S/C16H14N4O2S/c1-10-14(15(18-2)23-19-10)16(21)22-9-11-8-20-6-4-3-5-13(20)12(11)7-17/h3-6,8,18H,9H2,1-2H3. The van der Waals surface area contributed by atoms with Gasteiger partial charge in [-0.3, -0.25) is 0 Å². The first-order valence-electron chi connectivity index (χ1n) is 6.95. The molecule has 3 heterocycles. The van der Waals surface area contributed by atoms with Gasteiger partial charge in [0.05, 0.1) is 16.8 Å². The molecule has 6 nitrogen and oxygen atoms in total. The number of nitrogens with one attached hydrogen (secondary N) is 1. The highest BCUT2D eigenvalue weighted by molar-refractivity contribution is 7.10. The minimum Gasteiger partial charge on any atom is -0.457 e. The van der Waals surface area contributed by atoms with E-state index in [1.165, 1.54) is 11.5 Å². The highest BCUT2D eigenvalue weighted by atomic mass is 32.1. The molecule has 0 atom stereocenters. The predicted octanol–water partition coefficient (Wildman–Crippen LogP) is 2.97. The number of hydrogen-bond acceptors (Lipinski definition) is 6. The lowest BCUT2D eigenvalue weighted by atomic mass is 10.2. The molecule has 3 aromatic heterocycles. The average Bonchev–Trinajstić information content (AvgIpc) is 3.12. The number of ether oxygens (including phenoxy) is 1. The SMILES string of the molecule is CNc1snc(C)c1C(=O)OCc1cn2ccccc2c1C#N. The second-order valence-corrected chi connectivity index (χ2v) is 5.71. The van der Waals surface area contributed by atoms with Gasteiger partial charge in [-0.05, 0) is 30.6 Å². The number of esters is 1. The Hall–Kier alpha value is -2.85. The van der Waals surface area contributed by atoms with Gasteiger partial charge in [-0.1, -0.05) is 6.07 Å². The van der Waals surface area contributed by atoms with Crippen LogP contribution in [-0.2, 0) is 11.3 Å². The van der Waals surface area contributed by atoms with Crippen LogP contribution in [0.1, 0.15) is 27.2 Å². The van der Waals surface area contributed by atoms with Crippen molar-refractivity contribution in [1.82, 2.24) is 8.77 Å². The van der Waals surface area contributed by atoms with E-state index in [2.05, 4.69) is 15.8 Å². The zero-order valence-corrected chi connectivity index (χ0v) is 13.5. The van der Waals surface area contributed by atoms with Crippen LogP contribution in [0.25, 0.3) is 5.52 Å². The third-order valence-corrected chi connectivity index (χ3v) is 4.48. The number of carbonyl (C=O) groups is 1. The quantitative estimate of drug-likeness (QED) is 0.746. The molecule has 0 spiro atoms. The number of nitriles is 1. The van der Waals surface area contributed by atoms with E-state index < -0.39 is 5.97 Å². The van der Waals surface area contributed by atoms with E-state index in [4.69, 9.17) is 4.74 Å². The number of pyridine rings is 1. The van der Waals surface area contributed by atoms with Crippen molar-refractivity contribution in [3.63, 3.8) is 0 Å². The highest BCUT2D eigenvalue weighted by Gasteiger charge is 2.20. The Balaban J connectivity index is 1.85. The summed E-state index contributed by atoms with van der Waals surface area (Å²) in [5.41, 5.74) is 3.07. The molecule has 0 saturated carbocycles. The summed E-state index contributed by atoms with van der Waals surface area (Å²) in [5.74, 6) is -0.445. The van der Waals surface area contributed by atoms with Gasteiger partial charge in [-0.25, -0.2) is 4.79 Å². The zero-order chi connectivity index (χ0) is 16.4. The summed E-state index contributed by atoms with van der Waals surface area (Å²) in [4.78, 5) is 12.3. The average molecular weight is 326 g/mol. The first-order valence-corrected chi connectivity index (χ1v) is 7.73. The largest absolute Gasteiger partial charge is 0.457 e. The van der Waals surface area contributed by atoms with Crippen LogP contribution in [-0.4, -0.2) is 21.8 Å². The molecule has 0 aliphatic rings. The molecule has 0 amide bonds. The first-order chi connectivity index (χ1) is 11.2. The number of rotatable bonds is 4. The van der Waals surface area contributed by atoms with Crippen LogP contribution >= 0.6 is 11.5 Å². The van der Waals surface area contributed by atoms with Crippen LogP contribution in [0.2, 0.25) is 0 Å². The molecule has 3 rings (SSSR count). The second-order valence-electron chi connectivity index (χ2n) is 4.93. The fraction of sp³-hybridized carbons (Fsp3) is 0.188. The number of fused-ring (bicyclic) bond motifs is 1. The van der Waals surface area contributed by atoms with Crippen LogP contribution < -0.4 is 5.32 Å². The van der Waals surface area contributed by atoms with Gasteiger partial charge in [0, 0.05) is 25.0 Å². The van der Waals surface area contributed by atoms with E-state index in [1.54, 1.807) is 20.2 Å². The van der Waals surface area contributed by atoms with Crippen LogP contribution in [0.4, 0.5) is 5.00 Å². The van der Waals surface area contributed by atoms with Crippen molar-refractivity contribution in [2.45, 2.75) is 13.5 Å². The Kier molecular flexibility index (Phi) is 4.00. The topological polar surface area (TPSA) is 79.4 Å². The van der Waals surface area contributed by atoms with Crippen molar-refractivity contribution < 1.29 is 9.53 Å². The second kappa shape index (κ2) is 6.10. The summed E-state index contributed by atoms with van der Waals surface area (Å²) in [6.45, 7) is 1.81. The van der Waals surface area contributed by atoms with Crippen molar-refractivity contribution >= 4 is 28.0 Å². The van der Waals surface area contributed by atoms with Crippen LogP contribution in [0.15, 0.2) is 30.6 Å². The Morgan fingerprint density at radius 3 is 3.09 bits per heavy atom. The molecule has 0 aliphatic carbocycles. The van der Waals surface area contributed by atoms with Gasteiger partial charge in [-0.15, -0.1) is 0 Å². The lowest BCUT2D eigenvalue weighted by Crippen LogP contribution is -2.08. The Bertz CT molecular complexity index is 920. The van der Waals surface area contributed by atoms with E-state index in [0.29, 0.717) is 27.4 Å². The molecule has 0 aliphatic heterocycles. The monoisotopic (exact) mass is 326 g/mol. The van der Waals surface area contributed by atoms with Crippen molar-refractivity contribution in [3.8, 4) is 6.07 Å². The third-order valence-electron chi connectivity index (χ3n) is 3.53. The molecule has 116 valence electrons. The fourth-order valence-corrected chi connectivity index (χ4v) is 3.15. The van der Waals surface area contributed by atoms with Gasteiger partial charge in [0.2, 0.25) is 0 Å². The molecular formula is C16H14N4O2S. The number of aromatic nitrogens is 2. The highest BCUT2D eigenvalue weighted by Crippen LogP contribution is 2.25. The number of aryl methyl sites for hydroxylation is 1. The molecule has 0 unspecified atom stereocenters. The number of nitrogens with zero attached hydrogens (tertiary/aromatic N) is 3. The maximum atomic E-state index is 12.3. The van der Waals surface area contributed by atoms with Crippen molar-refractivity contribution in [1.29, 1.82) is 5.26 Å². The van der Waals surface area contributed by atoms with Gasteiger partial charge in [-0.2, -0.15) is 9.64 Å². The van der Waals surface area contributed by atoms with E-state index in [9.17, 15) is 10.1 Å². The minimum atomic E-state index is -0.445. The van der Waals surface area contributed by atoms with E-state index in [-0.39, 0.29) is 6.61 Å². The molecule has 0 saturated heterocycles. The number of hydrogen-bond donors (Lipinski definition) is 1. The van der Waals surface area contributed by atoms with Gasteiger partial charge in [0.15, 0.2) is 0 Å². The van der Waals surface area contributed by atoms with Gasteiger partial charge in [0.1, 0.15) is 23.2 Å². The molecule has 7 heteroatoms. The summed E-state index contributed by atoms with van der Waals surface area (Å²) in [7, 11) is 1.73. The molecule has 1 N–H and O–H groups in total. The summed E-state index contributed by atoms with van der Waals surface area (Å²) >= 11 is 1.22. The van der Waals surface area contributed by atoms with Crippen molar-refractivity contribution in [2.75, 3.05) is 12.4 Å². The summed E-state index contributed by atoms with van der Waals surface area (Å²) < 4.78 is 11.4. The zero-order valence-electron chi connectivity index (χ0n) is 12.7.